The molecule has 0 heterocycles. The summed E-state index contributed by atoms with van der Waals surface area (Å²) in [5, 5.41) is 3.00. The van der Waals surface area contributed by atoms with Crippen molar-refractivity contribution in [2.75, 3.05) is 5.32 Å². The number of nitrogens with two attached hydrogens (primary N) is 1. The molecule has 3 N–H and O–H groups in total. The van der Waals surface area contributed by atoms with Gasteiger partial charge in [-0.1, -0.05) is 36.4 Å². The molecule has 1 aliphatic carbocycles. The first-order valence-electron chi connectivity index (χ1n) is 7.74. The minimum Gasteiger partial charge on any atom is -0.370 e. The lowest BCUT2D eigenvalue weighted by Crippen LogP contribution is -2.31. The highest BCUT2D eigenvalue weighted by Crippen LogP contribution is 2.40. The van der Waals surface area contributed by atoms with E-state index in [0.29, 0.717) is 24.4 Å². The summed E-state index contributed by atoms with van der Waals surface area (Å²) in [6.45, 7) is 0. The van der Waals surface area contributed by atoms with Crippen molar-refractivity contribution < 1.29 is 13.2 Å². The van der Waals surface area contributed by atoms with Crippen LogP contribution in [0, 0.1) is 0 Å². The fraction of sp³-hybridized carbons (Fsp3) is 0.278. The monoisotopic (exact) mass is 333 g/mol. The SMILES string of the molecule is NC(=NC1CC(c2cccc(C(F)(F)F)c2)C1)Nc1ccccc1. The molecule has 0 unspecified atom stereocenters. The molecule has 1 saturated carbocycles. The van der Waals surface area contributed by atoms with Gasteiger partial charge in [0.15, 0.2) is 5.96 Å². The molecular weight excluding hydrogens is 315 g/mol. The molecule has 2 aromatic carbocycles. The lowest BCUT2D eigenvalue weighted by atomic mass is 9.76. The van der Waals surface area contributed by atoms with E-state index in [2.05, 4.69) is 10.3 Å². The Morgan fingerprint density at radius 1 is 1.04 bits per heavy atom. The molecule has 3 rings (SSSR count). The first-order valence-corrected chi connectivity index (χ1v) is 7.74. The standard InChI is InChI=1S/C18H18F3N3/c19-18(20,21)14-6-4-5-12(9-14)13-10-16(11-13)24-17(22)23-15-7-2-1-3-8-15/h1-9,13,16H,10-11H2,(H3,22,23,24). The van der Waals surface area contributed by atoms with Crippen molar-refractivity contribution in [1.82, 2.24) is 0 Å². The lowest BCUT2D eigenvalue weighted by Gasteiger charge is -2.33. The van der Waals surface area contributed by atoms with Crippen LogP contribution in [0.3, 0.4) is 0 Å². The quantitative estimate of drug-likeness (QED) is 0.647. The van der Waals surface area contributed by atoms with Crippen molar-refractivity contribution in [2.24, 2.45) is 10.7 Å². The predicted octanol–water partition coefficient (Wildman–Crippen LogP) is 4.38. The van der Waals surface area contributed by atoms with E-state index in [-0.39, 0.29) is 12.0 Å². The summed E-state index contributed by atoms with van der Waals surface area (Å²) in [7, 11) is 0. The number of nitrogens with zero attached hydrogens (tertiary/aromatic N) is 1. The average Bonchev–Trinajstić information content (AvgIpc) is 2.51. The summed E-state index contributed by atoms with van der Waals surface area (Å²) in [6.07, 6.45) is -2.89. The lowest BCUT2D eigenvalue weighted by molar-refractivity contribution is -0.137. The molecule has 1 aliphatic rings. The van der Waals surface area contributed by atoms with Crippen molar-refractivity contribution in [3.8, 4) is 0 Å². The second kappa shape index (κ2) is 6.55. The zero-order valence-electron chi connectivity index (χ0n) is 12.9. The Labute approximate surface area is 138 Å². The molecule has 0 aromatic heterocycles. The van der Waals surface area contributed by atoms with Gasteiger partial charge >= 0.3 is 6.18 Å². The number of nitrogens with one attached hydrogen (secondary N) is 1. The molecule has 0 aliphatic heterocycles. The number of alkyl halides is 3. The number of hydrogen-bond acceptors (Lipinski definition) is 1. The summed E-state index contributed by atoms with van der Waals surface area (Å²) in [5.74, 6) is 0.430. The van der Waals surface area contributed by atoms with Gasteiger partial charge in [0.1, 0.15) is 0 Å². The summed E-state index contributed by atoms with van der Waals surface area (Å²) >= 11 is 0. The van der Waals surface area contributed by atoms with Crippen LogP contribution >= 0.6 is 0 Å². The Morgan fingerprint density at radius 3 is 2.42 bits per heavy atom. The number of rotatable bonds is 3. The van der Waals surface area contributed by atoms with Crippen LogP contribution in [-0.4, -0.2) is 12.0 Å². The van der Waals surface area contributed by atoms with Gasteiger partial charge in [0.05, 0.1) is 11.6 Å². The summed E-state index contributed by atoms with van der Waals surface area (Å²) in [6, 6.07) is 15.0. The molecule has 0 radical (unpaired) electrons. The van der Waals surface area contributed by atoms with E-state index in [1.807, 2.05) is 30.3 Å². The normalized spacial score (nSPS) is 21.2. The highest BCUT2D eigenvalue weighted by atomic mass is 19.4. The van der Waals surface area contributed by atoms with Gasteiger partial charge in [-0.25, -0.2) is 4.99 Å². The maximum absolute atomic E-state index is 12.8. The fourth-order valence-electron chi connectivity index (χ4n) is 2.83. The summed E-state index contributed by atoms with van der Waals surface area (Å²) in [4.78, 5) is 4.39. The van der Waals surface area contributed by atoms with Gasteiger partial charge in [-0.15, -0.1) is 0 Å². The minimum absolute atomic E-state index is 0.0424. The summed E-state index contributed by atoms with van der Waals surface area (Å²) < 4.78 is 38.3. The van der Waals surface area contributed by atoms with E-state index in [4.69, 9.17) is 5.73 Å². The third kappa shape index (κ3) is 3.88. The number of guanidine groups is 1. The van der Waals surface area contributed by atoms with Crippen LogP contribution < -0.4 is 11.1 Å². The third-order valence-corrected chi connectivity index (χ3v) is 4.17. The van der Waals surface area contributed by atoms with Gasteiger partial charge in [-0.2, -0.15) is 13.2 Å². The molecule has 0 atom stereocenters. The van der Waals surface area contributed by atoms with Crippen LogP contribution in [0.15, 0.2) is 59.6 Å². The predicted molar refractivity (Wildman–Crippen MR) is 88.9 cm³/mol. The van der Waals surface area contributed by atoms with Crippen LogP contribution in [0.25, 0.3) is 0 Å². The Bertz CT molecular complexity index is 720. The Morgan fingerprint density at radius 2 is 1.75 bits per heavy atom. The highest BCUT2D eigenvalue weighted by molar-refractivity contribution is 5.92. The van der Waals surface area contributed by atoms with Crippen molar-refractivity contribution >= 4 is 11.6 Å². The average molecular weight is 333 g/mol. The van der Waals surface area contributed by atoms with Gasteiger partial charge in [-0.3, -0.25) is 0 Å². The van der Waals surface area contributed by atoms with Crippen molar-refractivity contribution in [1.29, 1.82) is 0 Å². The Hall–Kier alpha value is -2.50. The third-order valence-electron chi connectivity index (χ3n) is 4.17. The molecule has 0 bridgehead atoms. The van der Waals surface area contributed by atoms with E-state index in [9.17, 15) is 13.2 Å². The Kier molecular flexibility index (Phi) is 4.46. The first-order chi connectivity index (χ1) is 11.4. The molecule has 24 heavy (non-hydrogen) atoms. The number of benzene rings is 2. The first kappa shape index (κ1) is 16.4. The van der Waals surface area contributed by atoms with Gasteiger partial charge in [0.25, 0.3) is 0 Å². The molecule has 3 nitrogen and oxygen atoms in total. The highest BCUT2D eigenvalue weighted by Gasteiger charge is 2.34. The smallest absolute Gasteiger partial charge is 0.370 e. The van der Waals surface area contributed by atoms with Crippen molar-refractivity contribution in [3.05, 3.63) is 65.7 Å². The van der Waals surface area contributed by atoms with Gasteiger partial charge in [0, 0.05) is 5.69 Å². The maximum atomic E-state index is 12.8. The van der Waals surface area contributed by atoms with E-state index in [1.54, 1.807) is 6.07 Å². The molecule has 126 valence electrons. The van der Waals surface area contributed by atoms with Crippen molar-refractivity contribution in [3.63, 3.8) is 0 Å². The number of halogens is 3. The van der Waals surface area contributed by atoms with Crippen LogP contribution in [0.2, 0.25) is 0 Å². The minimum atomic E-state index is -4.30. The van der Waals surface area contributed by atoms with Gasteiger partial charge < -0.3 is 11.1 Å². The second-order valence-corrected chi connectivity index (χ2v) is 5.95. The van der Waals surface area contributed by atoms with Gasteiger partial charge in [-0.05, 0) is 42.5 Å². The van der Waals surface area contributed by atoms with E-state index in [0.717, 1.165) is 11.8 Å². The number of para-hydroxylation sites is 1. The summed E-state index contributed by atoms with van der Waals surface area (Å²) in [5.41, 5.74) is 6.84. The van der Waals surface area contributed by atoms with Crippen LogP contribution in [0.4, 0.5) is 18.9 Å². The van der Waals surface area contributed by atoms with E-state index >= 15 is 0 Å². The molecule has 6 heteroatoms. The van der Waals surface area contributed by atoms with Crippen LogP contribution in [-0.2, 0) is 6.18 Å². The molecule has 2 aromatic rings. The maximum Gasteiger partial charge on any atom is 0.416 e. The molecule has 0 spiro atoms. The number of anilines is 1. The van der Waals surface area contributed by atoms with Crippen LogP contribution in [0.5, 0.6) is 0 Å². The number of aliphatic imine (C=N–C) groups is 1. The molecular formula is C18H18F3N3. The fourth-order valence-corrected chi connectivity index (χ4v) is 2.83. The zero-order chi connectivity index (χ0) is 17.2. The van der Waals surface area contributed by atoms with Crippen LogP contribution in [0.1, 0.15) is 29.9 Å². The van der Waals surface area contributed by atoms with Crippen molar-refractivity contribution in [2.45, 2.75) is 31.0 Å². The van der Waals surface area contributed by atoms with Gasteiger partial charge in [0.2, 0.25) is 0 Å². The molecule has 0 saturated heterocycles. The topological polar surface area (TPSA) is 50.4 Å². The largest absolute Gasteiger partial charge is 0.416 e. The van der Waals surface area contributed by atoms with E-state index < -0.39 is 11.7 Å². The van der Waals surface area contributed by atoms with E-state index in [1.165, 1.54) is 12.1 Å². The Balaban J connectivity index is 1.58. The molecule has 1 fully saturated rings. The molecule has 0 amide bonds. The number of hydrogen-bond donors (Lipinski definition) is 2. The zero-order valence-corrected chi connectivity index (χ0v) is 12.9. The second-order valence-electron chi connectivity index (χ2n) is 5.95.